The Morgan fingerprint density at radius 1 is 1.53 bits per heavy atom. The zero-order chi connectivity index (χ0) is 13.7. The van der Waals surface area contributed by atoms with Gasteiger partial charge in [0, 0.05) is 13.0 Å². The maximum absolute atomic E-state index is 10.6. The van der Waals surface area contributed by atoms with E-state index >= 15 is 0 Å². The van der Waals surface area contributed by atoms with E-state index in [4.69, 9.17) is 4.74 Å². The normalized spacial score (nSPS) is 21.9. The summed E-state index contributed by atoms with van der Waals surface area (Å²) in [5, 5.41) is 0. The number of ether oxygens (including phenoxy) is 1. The smallest absolute Gasteiger partial charge is 0.120 e. The van der Waals surface area contributed by atoms with E-state index in [2.05, 4.69) is 31.0 Å². The van der Waals surface area contributed by atoms with E-state index in [-0.39, 0.29) is 12.0 Å². The first-order chi connectivity index (χ1) is 9.19. The third-order valence-electron chi connectivity index (χ3n) is 3.76. The highest BCUT2D eigenvalue weighted by atomic mass is 16.5. The third-order valence-corrected chi connectivity index (χ3v) is 3.76. The molecule has 1 heterocycles. The van der Waals surface area contributed by atoms with E-state index in [0.717, 1.165) is 31.5 Å². The van der Waals surface area contributed by atoms with Gasteiger partial charge in [0.25, 0.3) is 0 Å². The Morgan fingerprint density at radius 2 is 2.37 bits per heavy atom. The van der Waals surface area contributed by atoms with Gasteiger partial charge in [0.05, 0.1) is 0 Å². The summed E-state index contributed by atoms with van der Waals surface area (Å²) in [7, 11) is 2.14. The highest BCUT2D eigenvalue weighted by Crippen LogP contribution is 2.24. The number of piperidine rings is 1. The molecule has 0 saturated carbocycles. The van der Waals surface area contributed by atoms with Crippen molar-refractivity contribution in [1.29, 1.82) is 0 Å². The lowest BCUT2D eigenvalue weighted by atomic mass is 9.98. The number of benzene rings is 1. The Balaban J connectivity index is 2.00. The zero-order valence-corrected chi connectivity index (χ0v) is 11.8. The van der Waals surface area contributed by atoms with Crippen LogP contribution in [0.2, 0.25) is 0 Å². The number of carbonyl (C=O) groups is 1. The van der Waals surface area contributed by atoms with Gasteiger partial charge in [-0.1, -0.05) is 19.1 Å². The lowest BCUT2D eigenvalue weighted by molar-refractivity contribution is -0.108. The van der Waals surface area contributed by atoms with Gasteiger partial charge in [-0.25, -0.2) is 0 Å². The Hall–Kier alpha value is -1.35. The van der Waals surface area contributed by atoms with Crippen LogP contribution in [0.25, 0.3) is 0 Å². The molecule has 2 atom stereocenters. The molecule has 3 heteroatoms. The molecule has 1 aliphatic heterocycles. The average molecular weight is 261 g/mol. The van der Waals surface area contributed by atoms with Crippen LogP contribution in [0, 0.1) is 0 Å². The number of likely N-dealkylation sites (tertiary alicyclic amines) is 1. The lowest BCUT2D eigenvalue weighted by Gasteiger charge is -2.30. The maximum atomic E-state index is 10.6. The predicted octanol–water partition coefficient (Wildman–Crippen LogP) is 2.85. The fourth-order valence-corrected chi connectivity index (χ4v) is 2.58. The van der Waals surface area contributed by atoms with E-state index in [9.17, 15) is 4.79 Å². The molecule has 0 aromatic heterocycles. The molecule has 1 aliphatic rings. The van der Waals surface area contributed by atoms with Crippen LogP contribution in [-0.4, -0.2) is 37.4 Å². The molecule has 19 heavy (non-hydrogen) atoms. The fraction of sp³-hybridized carbons (Fsp3) is 0.562. The minimum atomic E-state index is 0.259. The second-order valence-electron chi connectivity index (χ2n) is 5.52. The summed E-state index contributed by atoms with van der Waals surface area (Å²) >= 11 is 0. The van der Waals surface area contributed by atoms with Gasteiger partial charge in [0.15, 0.2) is 0 Å². The number of nitrogens with zero attached hydrogens (tertiary/aromatic N) is 1. The number of hydrogen-bond acceptors (Lipinski definition) is 3. The molecule has 0 spiro atoms. The number of likely N-dealkylation sites (N-methyl/N-ethyl adjacent to an activating group) is 1. The van der Waals surface area contributed by atoms with E-state index < -0.39 is 0 Å². The number of aldehydes is 1. The van der Waals surface area contributed by atoms with Crippen LogP contribution in [0.1, 0.15) is 37.7 Å². The van der Waals surface area contributed by atoms with Gasteiger partial charge in [-0.05, 0) is 50.0 Å². The van der Waals surface area contributed by atoms with Crippen molar-refractivity contribution >= 4 is 6.29 Å². The van der Waals surface area contributed by atoms with Gasteiger partial charge in [0.2, 0.25) is 0 Å². The third kappa shape index (κ3) is 4.06. The summed E-state index contributed by atoms with van der Waals surface area (Å²) < 4.78 is 6.06. The molecular formula is C16H23NO2. The Labute approximate surface area is 115 Å². The van der Waals surface area contributed by atoms with E-state index in [0.29, 0.717) is 6.42 Å². The highest BCUT2D eigenvalue weighted by Gasteiger charge is 2.18. The van der Waals surface area contributed by atoms with Crippen molar-refractivity contribution in [1.82, 2.24) is 4.90 Å². The van der Waals surface area contributed by atoms with E-state index in [1.807, 2.05) is 12.1 Å². The summed E-state index contributed by atoms with van der Waals surface area (Å²) in [6.07, 6.45) is 4.15. The molecule has 1 aromatic carbocycles. The number of rotatable bonds is 5. The quantitative estimate of drug-likeness (QED) is 0.763. The lowest BCUT2D eigenvalue weighted by Crippen LogP contribution is -2.38. The van der Waals surface area contributed by atoms with Crippen LogP contribution in [0.15, 0.2) is 24.3 Å². The first kappa shape index (κ1) is 14.1. The molecule has 0 amide bonds. The first-order valence-electron chi connectivity index (χ1n) is 7.08. The fourth-order valence-electron chi connectivity index (χ4n) is 2.58. The molecule has 0 radical (unpaired) electrons. The van der Waals surface area contributed by atoms with Gasteiger partial charge >= 0.3 is 0 Å². The van der Waals surface area contributed by atoms with Crippen LogP contribution < -0.4 is 4.74 Å². The second-order valence-corrected chi connectivity index (χ2v) is 5.52. The molecular weight excluding hydrogens is 238 g/mol. The van der Waals surface area contributed by atoms with Gasteiger partial charge < -0.3 is 14.4 Å². The van der Waals surface area contributed by atoms with Crippen molar-refractivity contribution in [2.75, 3.05) is 20.1 Å². The maximum Gasteiger partial charge on any atom is 0.120 e. The topological polar surface area (TPSA) is 29.5 Å². The standard InChI is InChI=1S/C16H23NO2/c1-13(8-10-18)14-5-3-6-15(11-14)19-16-7-4-9-17(2)12-16/h3,5-6,10-11,13,16H,4,7-9,12H2,1-2H3. The number of hydrogen-bond donors (Lipinski definition) is 0. The summed E-state index contributed by atoms with van der Waals surface area (Å²) in [5.41, 5.74) is 1.17. The highest BCUT2D eigenvalue weighted by molar-refractivity contribution is 5.51. The van der Waals surface area contributed by atoms with Crippen LogP contribution >= 0.6 is 0 Å². The minimum absolute atomic E-state index is 0.259. The molecule has 1 aromatic rings. The van der Waals surface area contributed by atoms with Crippen molar-refractivity contribution < 1.29 is 9.53 Å². The molecule has 2 unspecified atom stereocenters. The largest absolute Gasteiger partial charge is 0.489 e. The summed E-state index contributed by atoms with van der Waals surface area (Å²) in [5.74, 6) is 1.19. The van der Waals surface area contributed by atoms with Crippen molar-refractivity contribution in [3.05, 3.63) is 29.8 Å². The molecule has 104 valence electrons. The van der Waals surface area contributed by atoms with Crippen molar-refractivity contribution in [2.45, 2.75) is 38.2 Å². The van der Waals surface area contributed by atoms with E-state index in [1.165, 1.54) is 12.0 Å². The van der Waals surface area contributed by atoms with Gasteiger partial charge in [-0.3, -0.25) is 0 Å². The van der Waals surface area contributed by atoms with E-state index in [1.54, 1.807) is 0 Å². The molecule has 0 bridgehead atoms. The average Bonchev–Trinajstić information content (AvgIpc) is 2.39. The van der Waals surface area contributed by atoms with Crippen LogP contribution in [0.5, 0.6) is 5.75 Å². The van der Waals surface area contributed by atoms with Crippen LogP contribution in [0.3, 0.4) is 0 Å². The molecule has 1 saturated heterocycles. The molecule has 1 fully saturated rings. The van der Waals surface area contributed by atoms with Crippen molar-refractivity contribution in [3.8, 4) is 5.75 Å². The summed E-state index contributed by atoms with van der Waals surface area (Å²) in [4.78, 5) is 12.9. The summed E-state index contributed by atoms with van der Waals surface area (Å²) in [6, 6.07) is 8.15. The van der Waals surface area contributed by atoms with Gasteiger partial charge in [-0.15, -0.1) is 0 Å². The molecule has 0 aliphatic carbocycles. The van der Waals surface area contributed by atoms with Gasteiger partial charge in [-0.2, -0.15) is 0 Å². The minimum Gasteiger partial charge on any atom is -0.489 e. The molecule has 2 rings (SSSR count). The first-order valence-corrected chi connectivity index (χ1v) is 7.08. The SMILES string of the molecule is CC(CC=O)c1cccc(OC2CCCN(C)C2)c1. The number of carbonyl (C=O) groups excluding carboxylic acids is 1. The second kappa shape index (κ2) is 6.71. The zero-order valence-electron chi connectivity index (χ0n) is 11.8. The molecule has 0 N–H and O–H groups in total. The Bertz CT molecular complexity index is 419. The Kier molecular flexibility index (Phi) is 4.97. The van der Waals surface area contributed by atoms with Gasteiger partial charge in [0.1, 0.15) is 18.1 Å². The van der Waals surface area contributed by atoms with Crippen molar-refractivity contribution in [2.24, 2.45) is 0 Å². The van der Waals surface area contributed by atoms with Crippen LogP contribution in [0.4, 0.5) is 0 Å². The van der Waals surface area contributed by atoms with Crippen molar-refractivity contribution in [3.63, 3.8) is 0 Å². The predicted molar refractivity (Wildman–Crippen MR) is 76.7 cm³/mol. The summed E-state index contributed by atoms with van der Waals surface area (Å²) in [6.45, 7) is 4.23. The Morgan fingerprint density at radius 3 is 3.11 bits per heavy atom. The van der Waals surface area contributed by atoms with Crippen LogP contribution in [-0.2, 0) is 4.79 Å². The molecule has 3 nitrogen and oxygen atoms in total. The monoisotopic (exact) mass is 261 g/mol.